The number of carbonyl (C=O) groups excluding carboxylic acids is 2. The number of nitrogens with zero attached hydrogens (tertiary/aromatic N) is 2. The minimum Gasteiger partial charge on any atom is -0.493 e. The highest BCUT2D eigenvalue weighted by atomic mass is 35.5. The molecule has 10 nitrogen and oxygen atoms in total. The third kappa shape index (κ3) is 5.24. The average molecular weight is 594 g/mol. The van der Waals surface area contributed by atoms with Crippen LogP contribution in [0.2, 0.25) is 5.02 Å². The maximum Gasteiger partial charge on any atom is 0.410 e. The highest BCUT2D eigenvalue weighted by molar-refractivity contribution is 6.32. The molecule has 0 radical (unpaired) electrons. The van der Waals surface area contributed by atoms with Crippen molar-refractivity contribution in [3.8, 4) is 22.8 Å². The van der Waals surface area contributed by atoms with E-state index in [0.29, 0.717) is 64.6 Å². The van der Waals surface area contributed by atoms with Gasteiger partial charge in [0.15, 0.2) is 5.75 Å². The lowest BCUT2D eigenvalue weighted by molar-refractivity contribution is 0.00133. The van der Waals surface area contributed by atoms with Gasteiger partial charge >= 0.3 is 6.09 Å². The summed E-state index contributed by atoms with van der Waals surface area (Å²) >= 11 is 6.41. The molecule has 2 bridgehead atoms. The van der Waals surface area contributed by atoms with Crippen molar-refractivity contribution in [2.24, 2.45) is 5.92 Å². The number of hydrogen-bond donors (Lipinski definition) is 3. The number of amides is 2. The smallest absolute Gasteiger partial charge is 0.410 e. The van der Waals surface area contributed by atoms with E-state index in [0.717, 1.165) is 30.5 Å². The fourth-order valence-electron chi connectivity index (χ4n) is 6.44. The number of rotatable bonds is 7. The number of aromatic nitrogens is 2. The van der Waals surface area contributed by atoms with Gasteiger partial charge < -0.3 is 29.8 Å². The lowest BCUT2D eigenvalue weighted by Gasteiger charge is -2.36. The van der Waals surface area contributed by atoms with Crippen molar-refractivity contribution in [1.82, 2.24) is 20.2 Å². The number of ether oxygens (including phenoxy) is 3. The molecule has 222 valence electrons. The molecule has 0 unspecified atom stereocenters. The fraction of sp³-hybridized carbons (Fsp3) is 0.452. The van der Waals surface area contributed by atoms with Gasteiger partial charge in [-0.3, -0.25) is 14.7 Å². The molecule has 1 aromatic carbocycles. The predicted molar refractivity (Wildman–Crippen MR) is 160 cm³/mol. The molecule has 11 heteroatoms. The molecule has 2 amide bonds. The summed E-state index contributed by atoms with van der Waals surface area (Å²) < 4.78 is 17.8. The molecule has 1 aliphatic carbocycles. The molecule has 3 aliphatic rings. The number of H-pyrrole nitrogens is 1. The van der Waals surface area contributed by atoms with E-state index in [4.69, 9.17) is 25.8 Å². The Kier molecular flexibility index (Phi) is 7.43. The summed E-state index contributed by atoms with van der Waals surface area (Å²) in [5.74, 6) is 1.20. The van der Waals surface area contributed by atoms with Crippen molar-refractivity contribution < 1.29 is 23.8 Å². The monoisotopic (exact) mass is 593 g/mol. The predicted octanol–water partition coefficient (Wildman–Crippen LogP) is 5.94. The van der Waals surface area contributed by atoms with Gasteiger partial charge in [-0.15, -0.1) is 0 Å². The Labute approximate surface area is 250 Å². The summed E-state index contributed by atoms with van der Waals surface area (Å²) in [5.41, 5.74) is 3.42. The van der Waals surface area contributed by atoms with Crippen LogP contribution in [-0.4, -0.2) is 64.8 Å². The summed E-state index contributed by atoms with van der Waals surface area (Å²) in [6, 6.07) is 7.35. The lowest BCUT2D eigenvalue weighted by Crippen LogP contribution is -2.49. The average Bonchev–Trinajstić information content (AvgIpc) is 3.65. The van der Waals surface area contributed by atoms with Crippen molar-refractivity contribution >= 4 is 35.0 Å². The SMILES string of the molecule is COc1c(Cl)cccc1Nc1c(-c2ccncc2OC[C@H]2[C@@H]3CC[C@@H](C3)N2C(=O)OC(C)(C)C)[nH]c2c1C(=O)NCC2. The number of nitrogens with one attached hydrogen (secondary N) is 3. The lowest BCUT2D eigenvalue weighted by atomic mass is 9.99. The van der Waals surface area contributed by atoms with Crippen LogP contribution < -0.4 is 20.1 Å². The zero-order valence-electron chi connectivity index (χ0n) is 24.3. The van der Waals surface area contributed by atoms with Crippen LogP contribution >= 0.6 is 11.6 Å². The molecule has 3 aromatic rings. The van der Waals surface area contributed by atoms with E-state index in [1.165, 1.54) is 0 Å². The number of fused-ring (bicyclic) bond motifs is 3. The number of pyridine rings is 1. The maximum absolute atomic E-state index is 13.2. The van der Waals surface area contributed by atoms with E-state index < -0.39 is 5.60 Å². The number of hydrogen-bond acceptors (Lipinski definition) is 7. The van der Waals surface area contributed by atoms with Crippen LogP contribution in [0.25, 0.3) is 11.3 Å². The van der Waals surface area contributed by atoms with Crippen LogP contribution in [0.1, 0.15) is 56.1 Å². The van der Waals surface area contributed by atoms with Gasteiger partial charge in [0.05, 0.1) is 47.0 Å². The first kappa shape index (κ1) is 28.2. The van der Waals surface area contributed by atoms with Crippen LogP contribution in [0.3, 0.4) is 0 Å². The molecule has 0 spiro atoms. The van der Waals surface area contributed by atoms with Gasteiger partial charge in [-0.25, -0.2) is 4.79 Å². The molecule has 2 aromatic heterocycles. The van der Waals surface area contributed by atoms with E-state index in [2.05, 4.69) is 20.6 Å². The molecule has 3 atom stereocenters. The van der Waals surface area contributed by atoms with Crippen LogP contribution in [0.15, 0.2) is 36.7 Å². The van der Waals surface area contributed by atoms with Crippen molar-refractivity contribution in [2.45, 2.75) is 64.1 Å². The second kappa shape index (κ2) is 11.1. The zero-order valence-corrected chi connectivity index (χ0v) is 25.0. The molecule has 1 saturated carbocycles. The first-order valence-corrected chi connectivity index (χ1v) is 14.7. The Morgan fingerprint density at radius 3 is 2.86 bits per heavy atom. The van der Waals surface area contributed by atoms with Crippen LogP contribution in [0, 0.1) is 5.92 Å². The summed E-state index contributed by atoms with van der Waals surface area (Å²) in [6.07, 6.45) is 6.73. The largest absolute Gasteiger partial charge is 0.493 e. The molecule has 2 aliphatic heterocycles. The molecular weight excluding hydrogens is 558 g/mol. The van der Waals surface area contributed by atoms with Crippen molar-refractivity contribution in [3.63, 3.8) is 0 Å². The van der Waals surface area contributed by atoms with Crippen molar-refractivity contribution in [1.29, 1.82) is 0 Å². The Hall–Kier alpha value is -3.92. The maximum atomic E-state index is 13.2. The molecular formula is C31H36ClN5O5. The molecule has 4 heterocycles. The van der Waals surface area contributed by atoms with E-state index in [1.54, 1.807) is 25.6 Å². The quantitative estimate of drug-likeness (QED) is 0.310. The van der Waals surface area contributed by atoms with Gasteiger partial charge in [0.2, 0.25) is 0 Å². The van der Waals surface area contributed by atoms with Crippen molar-refractivity contribution in [2.75, 3.05) is 25.6 Å². The van der Waals surface area contributed by atoms with E-state index in [-0.39, 0.29) is 24.1 Å². The van der Waals surface area contributed by atoms with E-state index >= 15 is 0 Å². The van der Waals surface area contributed by atoms with Crippen LogP contribution in [-0.2, 0) is 11.2 Å². The first-order valence-electron chi connectivity index (χ1n) is 14.4. The summed E-state index contributed by atoms with van der Waals surface area (Å²) in [7, 11) is 1.55. The van der Waals surface area contributed by atoms with Gasteiger partial charge in [-0.1, -0.05) is 17.7 Å². The Morgan fingerprint density at radius 1 is 1.24 bits per heavy atom. The fourth-order valence-corrected chi connectivity index (χ4v) is 6.69. The second-order valence-corrected chi connectivity index (χ2v) is 12.5. The number of aromatic amines is 1. The zero-order chi connectivity index (χ0) is 29.6. The highest BCUT2D eigenvalue weighted by Gasteiger charge is 2.49. The number of benzene rings is 1. The minimum atomic E-state index is -0.574. The van der Waals surface area contributed by atoms with Gasteiger partial charge in [0.25, 0.3) is 5.91 Å². The number of likely N-dealkylation sites (tertiary alicyclic amines) is 1. The normalized spacial score (nSPS) is 21.1. The number of para-hydroxylation sites is 1. The number of carbonyl (C=O) groups is 2. The van der Waals surface area contributed by atoms with Gasteiger partial charge in [0, 0.05) is 36.5 Å². The molecule has 3 N–H and O–H groups in total. The Balaban J connectivity index is 1.33. The third-order valence-corrected chi connectivity index (χ3v) is 8.50. The molecule has 1 saturated heterocycles. The van der Waals surface area contributed by atoms with Crippen LogP contribution in [0.4, 0.5) is 16.2 Å². The summed E-state index contributed by atoms with van der Waals surface area (Å²) in [5, 5.41) is 6.81. The number of methoxy groups -OCH3 is 1. The highest BCUT2D eigenvalue weighted by Crippen LogP contribution is 2.45. The Morgan fingerprint density at radius 2 is 2.07 bits per heavy atom. The van der Waals surface area contributed by atoms with Gasteiger partial charge in [0.1, 0.15) is 18.0 Å². The standard InChI is InChI=1S/C31H36ClN5O5/c1-31(2,3)42-30(39)37-18-9-8-17(14-18)23(37)16-41-24-15-33-12-10-19(24)26-27(25-21(35-26)11-13-34-29(25)38)36-22-7-5-6-20(32)28(22)40-4/h5-7,10,12,15,17-18,23,35-36H,8-9,11,13-14,16H2,1-4H3,(H,34,38)/t17-,18+,23+/m1/s1. The Bertz CT molecular complexity index is 1520. The van der Waals surface area contributed by atoms with E-state index in [9.17, 15) is 9.59 Å². The topological polar surface area (TPSA) is 118 Å². The summed E-state index contributed by atoms with van der Waals surface area (Å²) in [4.78, 5) is 36.0. The number of anilines is 2. The van der Waals surface area contributed by atoms with Gasteiger partial charge in [-0.2, -0.15) is 0 Å². The van der Waals surface area contributed by atoms with E-state index in [1.807, 2.05) is 43.9 Å². The first-order chi connectivity index (χ1) is 20.1. The molecule has 2 fully saturated rings. The molecule has 42 heavy (non-hydrogen) atoms. The summed E-state index contributed by atoms with van der Waals surface area (Å²) in [6.45, 7) is 6.50. The third-order valence-electron chi connectivity index (χ3n) is 8.20. The molecule has 6 rings (SSSR count). The van der Waals surface area contributed by atoms with Crippen LogP contribution in [0.5, 0.6) is 11.5 Å². The van der Waals surface area contributed by atoms with Crippen molar-refractivity contribution in [3.05, 3.63) is 52.9 Å². The number of piperidine rings is 1. The second-order valence-electron chi connectivity index (χ2n) is 12.0. The minimum absolute atomic E-state index is 0.0948. The van der Waals surface area contributed by atoms with Gasteiger partial charge in [-0.05, 0) is 64.2 Å². The number of halogens is 1.